The van der Waals surface area contributed by atoms with Gasteiger partial charge in [-0.25, -0.2) is 4.79 Å². The molecule has 0 bridgehead atoms. The first-order chi connectivity index (χ1) is 10.7. The standard InChI is InChI=1S/C18H26N2O2/c1-14-7-9-16(10-8-14)19-18(21)22-13-15-5-4-12-20-11-3-2-6-17(15)20/h7-10,15,17H,2-6,11-13H2,1H3,(H,19,21)/t15-,17+/m0/s1. The van der Waals surface area contributed by atoms with Gasteiger partial charge in [-0.2, -0.15) is 0 Å². The predicted molar refractivity (Wildman–Crippen MR) is 88.1 cm³/mol. The highest BCUT2D eigenvalue weighted by atomic mass is 16.5. The summed E-state index contributed by atoms with van der Waals surface area (Å²) in [5.41, 5.74) is 1.97. The number of nitrogens with one attached hydrogen (secondary N) is 1. The Kier molecular flexibility index (Phi) is 4.98. The van der Waals surface area contributed by atoms with E-state index in [1.165, 1.54) is 50.8 Å². The van der Waals surface area contributed by atoms with Gasteiger partial charge in [-0.3, -0.25) is 10.2 Å². The van der Waals surface area contributed by atoms with Crippen LogP contribution in [-0.4, -0.2) is 36.7 Å². The number of nitrogens with zero attached hydrogens (tertiary/aromatic N) is 1. The minimum absolute atomic E-state index is 0.336. The summed E-state index contributed by atoms with van der Waals surface area (Å²) in [6.45, 7) is 5.01. The molecule has 0 aromatic heterocycles. The van der Waals surface area contributed by atoms with E-state index in [4.69, 9.17) is 4.74 Å². The molecule has 4 nitrogen and oxygen atoms in total. The molecule has 4 heteroatoms. The molecule has 0 radical (unpaired) electrons. The zero-order valence-electron chi connectivity index (χ0n) is 13.4. The van der Waals surface area contributed by atoms with Crippen molar-refractivity contribution in [1.82, 2.24) is 4.90 Å². The number of carbonyl (C=O) groups is 1. The van der Waals surface area contributed by atoms with Crippen molar-refractivity contribution >= 4 is 11.8 Å². The number of ether oxygens (including phenoxy) is 1. The Balaban J connectivity index is 1.48. The first-order valence-electron chi connectivity index (χ1n) is 8.47. The molecular weight excluding hydrogens is 276 g/mol. The summed E-state index contributed by atoms with van der Waals surface area (Å²) in [5, 5.41) is 2.81. The quantitative estimate of drug-likeness (QED) is 0.923. The molecule has 120 valence electrons. The Morgan fingerprint density at radius 2 is 1.95 bits per heavy atom. The Hall–Kier alpha value is -1.55. The lowest BCUT2D eigenvalue weighted by Gasteiger charge is -2.44. The van der Waals surface area contributed by atoms with Crippen molar-refractivity contribution in [2.75, 3.05) is 25.0 Å². The summed E-state index contributed by atoms with van der Waals surface area (Å²) in [4.78, 5) is 14.5. The molecule has 2 aliphatic heterocycles. The van der Waals surface area contributed by atoms with Gasteiger partial charge in [0.15, 0.2) is 0 Å². The lowest BCUT2D eigenvalue weighted by Crippen LogP contribution is -2.49. The second-order valence-corrected chi connectivity index (χ2v) is 6.59. The van der Waals surface area contributed by atoms with Crippen molar-refractivity contribution in [3.8, 4) is 0 Å². The van der Waals surface area contributed by atoms with Crippen LogP contribution < -0.4 is 5.32 Å². The van der Waals surface area contributed by atoms with Gasteiger partial charge in [-0.15, -0.1) is 0 Å². The fourth-order valence-corrected chi connectivity index (χ4v) is 3.75. The molecule has 0 saturated carbocycles. The number of benzene rings is 1. The zero-order valence-corrected chi connectivity index (χ0v) is 13.4. The normalized spacial score (nSPS) is 25.3. The minimum Gasteiger partial charge on any atom is -0.449 e. The largest absolute Gasteiger partial charge is 0.449 e. The van der Waals surface area contributed by atoms with Crippen molar-refractivity contribution < 1.29 is 9.53 Å². The van der Waals surface area contributed by atoms with Crippen LogP contribution in [0.15, 0.2) is 24.3 Å². The first-order valence-corrected chi connectivity index (χ1v) is 8.47. The molecule has 0 aliphatic carbocycles. The lowest BCUT2D eigenvalue weighted by atomic mass is 9.84. The number of rotatable bonds is 3. The molecule has 2 fully saturated rings. The highest BCUT2D eigenvalue weighted by Gasteiger charge is 2.33. The smallest absolute Gasteiger partial charge is 0.411 e. The van der Waals surface area contributed by atoms with Gasteiger partial charge in [0, 0.05) is 17.6 Å². The van der Waals surface area contributed by atoms with Crippen LogP contribution in [0.5, 0.6) is 0 Å². The van der Waals surface area contributed by atoms with Gasteiger partial charge in [-0.05, 0) is 57.8 Å². The summed E-state index contributed by atoms with van der Waals surface area (Å²) in [6, 6.07) is 8.39. The van der Waals surface area contributed by atoms with Crippen molar-refractivity contribution in [1.29, 1.82) is 0 Å². The number of hydrogen-bond donors (Lipinski definition) is 1. The molecule has 2 atom stereocenters. The molecule has 0 unspecified atom stereocenters. The number of piperidine rings is 2. The predicted octanol–water partition coefficient (Wildman–Crippen LogP) is 3.81. The molecule has 1 amide bonds. The Morgan fingerprint density at radius 3 is 2.77 bits per heavy atom. The number of aryl methyl sites for hydroxylation is 1. The van der Waals surface area contributed by atoms with E-state index in [1.54, 1.807) is 0 Å². The molecule has 1 N–H and O–H groups in total. The molecule has 3 rings (SSSR count). The Labute approximate surface area is 132 Å². The van der Waals surface area contributed by atoms with E-state index in [2.05, 4.69) is 10.2 Å². The van der Waals surface area contributed by atoms with Crippen LogP contribution in [0.1, 0.15) is 37.7 Å². The summed E-state index contributed by atoms with van der Waals surface area (Å²) in [6.07, 6.45) is 5.96. The molecule has 1 aromatic carbocycles. The van der Waals surface area contributed by atoms with E-state index in [0.717, 1.165) is 5.69 Å². The highest BCUT2D eigenvalue weighted by molar-refractivity contribution is 5.84. The fourth-order valence-electron chi connectivity index (χ4n) is 3.75. The zero-order chi connectivity index (χ0) is 15.4. The summed E-state index contributed by atoms with van der Waals surface area (Å²) in [7, 11) is 0. The number of fused-ring (bicyclic) bond motifs is 1. The Bertz CT molecular complexity index is 498. The van der Waals surface area contributed by atoms with Crippen LogP contribution >= 0.6 is 0 Å². The third-order valence-electron chi connectivity index (χ3n) is 4.96. The molecular formula is C18H26N2O2. The van der Waals surface area contributed by atoms with E-state index in [1.807, 2.05) is 31.2 Å². The summed E-state index contributed by atoms with van der Waals surface area (Å²) < 4.78 is 5.49. The third-order valence-corrected chi connectivity index (χ3v) is 4.96. The monoisotopic (exact) mass is 302 g/mol. The van der Waals surface area contributed by atoms with E-state index in [0.29, 0.717) is 18.6 Å². The van der Waals surface area contributed by atoms with Crippen molar-refractivity contribution in [3.63, 3.8) is 0 Å². The third kappa shape index (κ3) is 3.80. The molecule has 2 heterocycles. The first kappa shape index (κ1) is 15.3. The van der Waals surface area contributed by atoms with Crippen LogP contribution in [0, 0.1) is 12.8 Å². The van der Waals surface area contributed by atoms with Crippen molar-refractivity contribution in [2.24, 2.45) is 5.92 Å². The minimum atomic E-state index is -0.336. The van der Waals surface area contributed by atoms with Gasteiger partial charge < -0.3 is 4.74 Å². The van der Waals surface area contributed by atoms with E-state index >= 15 is 0 Å². The SMILES string of the molecule is Cc1ccc(NC(=O)OC[C@@H]2CCCN3CCCC[C@H]23)cc1. The van der Waals surface area contributed by atoms with Crippen LogP contribution in [0.3, 0.4) is 0 Å². The van der Waals surface area contributed by atoms with Gasteiger partial charge in [0.25, 0.3) is 0 Å². The average molecular weight is 302 g/mol. The Morgan fingerprint density at radius 1 is 1.18 bits per heavy atom. The number of anilines is 1. The van der Waals surface area contributed by atoms with Gasteiger partial charge in [-0.1, -0.05) is 24.1 Å². The maximum atomic E-state index is 12.0. The highest BCUT2D eigenvalue weighted by Crippen LogP contribution is 2.31. The number of amides is 1. The maximum Gasteiger partial charge on any atom is 0.411 e. The summed E-state index contributed by atoms with van der Waals surface area (Å²) >= 11 is 0. The second-order valence-electron chi connectivity index (χ2n) is 6.59. The lowest BCUT2D eigenvalue weighted by molar-refractivity contribution is 0.0261. The van der Waals surface area contributed by atoms with Crippen LogP contribution in [0.4, 0.5) is 10.5 Å². The van der Waals surface area contributed by atoms with Crippen molar-refractivity contribution in [3.05, 3.63) is 29.8 Å². The van der Waals surface area contributed by atoms with Crippen LogP contribution in [0.25, 0.3) is 0 Å². The molecule has 0 spiro atoms. The molecule has 22 heavy (non-hydrogen) atoms. The molecule has 2 saturated heterocycles. The number of hydrogen-bond acceptors (Lipinski definition) is 3. The second kappa shape index (κ2) is 7.14. The molecule has 2 aliphatic rings. The number of carbonyl (C=O) groups excluding carboxylic acids is 1. The van der Waals surface area contributed by atoms with Crippen LogP contribution in [0.2, 0.25) is 0 Å². The van der Waals surface area contributed by atoms with Gasteiger partial charge in [0.05, 0.1) is 6.61 Å². The maximum absolute atomic E-state index is 12.0. The van der Waals surface area contributed by atoms with Gasteiger partial charge in [0.2, 0.25) is 0 Å². The van der Waals surface area contributed by atoms with E-state index in [9.17, 15) is 4.79 Å². The van der Waals surface area contributed by atoms with E-state index in [-0.39, 0.29) is 6.09 Å². The topological polar surface area (TPSA) is 41.6 Å². The van der Waals surface area contributed by atoms with Gasteiger partial charge >= 0.3 is 6.09 Å². The molecule has 1 aromatic rings. The fraction of sp³-hybridized carbons (Fsp3) is 0.611. The summed E-state index contributed by atoms with van der Waals surface area (Å²) in [5.74, 6) is 0.498. The van der Waals surface area contributed by atoms with Gasteiger partial charge in [0.1, 0.15) is 0 Å². The average Bonchev–Trinajstić information content (AvgIpc) is 2.55. The van der Waals surface area contributed by atoms with Crippen molar-refractivity contribution in [2.45, 2.75) is 45.1 Å². The van der Waals surface area contributed by atoms with Crippen LogP contribution in [-0.2, 0) is 4.74 Å². The van der Waals surface area contributed by atoms with E-state index < -0.39 is 0 Å².